The van der Waals surface area contributed by atoms with Crippen molar-refractivity contribution in [2.75, 3.05) is 31.3 Å². The van der Waals surface area contributed by atoms with Gasteiger partial charge in [0.15, 0.2) is 43.7 Å². The van der Waals surface area contributed by atoms with Gasteiger partial charge in [0.25, 0.3) is 0 Å². The fourth-order valence-electron chi connectivity index (χ4n) is 6.54. The molecular weight excluding hydrogens is 779 g/mol. The van der Waals surface area contributed by atoms with Gasteiger partial charge >= 0.3 is 13.6 Å². The molecule has 0 radical (unpaired) electrons. The predicted molar refractivity (Wildman–Crippen MR) is 193 cm³/mol. The van der Waals surface area contributed by atoms with Gasteiger partial charge in [0, 0.05) is 0 Å². The molecule has 0 aromatic carbocycles. The molecule has 4 aromatic rings. The van der Waals surface area contributed by atoms with E-state index in [2.05, 4.69) is 75.2 Å². The van der Waals surface area contributed by atoms with Crippen LogP contribution in [0.25, 0.3) is 22.3 Å². The summed E-state index contributed by atoms with van der Waals surface area (Å²) in [5, 5.41) is -0.265. The van der Waals surface area contributed by atoms with E-state index in [1.165, 1.54) is 25.3 Å². The molecule has 10 atom stereocenters. The molecule has 0 saturated carbocycles. The lowest BCUT2D eigenvalue weighted by molar-refractivity contribution is -0.182. The van der Waals surface area contributed by atoms with Gasteiger partial charge in [-0.3, -0.25) is 27.2 Å². The summed E-state index contributed by atoms with van der Waals surface area (Å²) in [7, 11) is -2.61. The van der Waals surface area contributed by atoms with Crippen LogP contribution < -0.4 is 11.5 Å². The lowest BCUT2D eigenvalue weighted by Crippen LogP contribution is -2.50. The fourth-order valence-corrected chi connectivity index (χ4v) is 10.8. The van der Waals surface area contributed by atoms with Crippen LogP contribution >= 0.6 is 38.1 Å². The average molecular weight is 817 g/mol. The minimum Gasteiger partial charge on any atom is -0.408 e. The molecule has 4 aromatic heterocycles. The molecule has 4 aliphatic heterocycles. The van der Waals surface area contributed by atoms with Crippen LogP contribution in [0.1, 0.15) is 33.2 Å². The topological polar surface area (TPSA) is 247 Å². The molecule has 4 fully saturated rings. The van der Waals surface area contributed by atoms with Gasteiger partial charge in [0.1, 0.15) is 59.8 Å². The number of imidazole rings is 2. The summed E-state index contributed by atoms with van der Waals surface area (Å²) in [6.45, 7) is 0.889. The van der Waals surface area contributed by atoms with Gasteiger partial charge in [0.05, 0.1) is 32.5 Å². The first-order chi connectivity index (χ1) is 24.4. The van der Waals surface area contributed by atoms with Crippen LogP contribution in [0, 0.1) is 0 Å². The van der Waals surface area contributed by atoms with Crippen molar-refractivity contribution in [1.29, 1.82) is 0 Å². The number of nitrogens with zero attached hydrogens (tertiary/aromatic N) is 8. The first-order valence-corrected chi connectivity index (χ1v) is 24.5. The Morgan fingerprint density at radius 2 is 1.46 bits per heavy atom. The third kappa shape index (κ3) is 6.20. The molecule has 52 heavy (non-hydrogen) atoms. The van der Waals surface area contributed by atoms with E-state index < -0.39 is 77.1 Å². The molecule has 8 heterocycles. The largest absolute Gasteiger partial charge is 0.408 e. The van der Waals surface area contributed by atoms with Crippen molar-refractivity contribution < 1.29 is 45.9 Å². The lowest BCUT2D eigenvalue weighted by atomic mass is 10.0. The van der Waals surface area contributed by atoms with Crippen molar-refractivity contribution in [2.24, 2.45) is 0 Å². The Kier molecular flexibility index (Phi) is 8.93. The predicted octanol–water partition coefficient (Wildman–Crippen LogP) is 3.68. The Morgan fingerprint density at radius 1 is 0.865 bits per heavy atom. The van der Waals surface area contributed by atoms with Gasteiger partial charge in [-0.15, -0.1) is 0 Å². The van der Waals surface area contributed by atoms with E-state index in [0.717, 1.165) is 0 Å². The number of nitrogen functional groups attached to an aromatic ring is 2. The molecule has 0 amide bonds. The standard InChI is InChI=1S/C27H38N10O10P2S2Si/c1-26(2,3)52(4,5)47-16-13-6-41-48(38,50)46-19-18-25(37-12-35-15-21(29)31-10-33-23(15)37)44-27(19,7-40-18)8-42-49(39,51)45-17(16)24(43-13)36-11-34-14-20(28)30-9-32-22(14)36/h9-13,16-19,24-25H,6-8H2,1-5H3,(H,38,50)(H,39,51)(H2,28,30,32)(H2,29,31,33)/t13-,16?,17-,18-,19+,24-,25-,27-,48-,49-/m1/s1. The monoisotopic (exact) mass is 816 g/mol. The fraction of sp³-hybridized carbons (Fsp3) is 0.630. The van der Waals surface area contributed by atoms with Gasteiger partial charge in [-0.25, -0.2) is 39.0 Å². The minimum absolute atomic E-state index is 0.0960. The normalized spacial score (nSPS) is 37.2. The molecular formula is C27H38N10O10P2S2Si. The van der Waals surface area contributed by atoms with Crippen LogP contribution in [0.5, 0.6) is 0 Å². The molecule has 25 heteroatoms. The first-order valence-electron chi connectivity index (χ1n) is 16.2. The summed E-state index contributed by atoms with van der Waals surface area (Å²) in [4.78, 5) is 25.4. The summed E-state index contributed by atoms with van der Waals surface area (Å²) >= 11 is 8.80. The van der Waals surface area contributed by atoms with E-state index in [4.69, 9.17) is 48.2 Å². The molecule has 1 unspecified atom stereocenters. The second kappa shape index (κ2) is 12.7. The maximum atomic E-state index is 14.4. The molecule has 282 valence electrons. The van der Waals surface area contributed by atoms with E-state index in [-0.39, 0.29) is 29.9 Å². The van der Waals surface area contributed by atoms with Gasteiger partial charge in [0.2, 0.25) is 0 Å². The number of nitrogens with two attached hydrogens (primary N) is 2. The molecule has 4 bridgehead atoms. The number of fused-ring (bicyclic) bond motifs is 4. The summed E-state index contributed by atoms with van der Waals surface area (Å²) in [5.74, 6) is 0.312. The van der Waals surface area contributed by atoms with Crippen LogP contribution in [0.4, 0.5) is 11.6 Å². The summed E-state index contributed by atoms with van der Waals surface area (Å²) in [5.41, 5.74) is 12.0. The molecule has 4 aliphatic rings. The zero-order valence-corrected chi connectivity index (χ0v) is 33.2. The quantitative estimate of drug-likeness (QED) is 0.130. The highest BCUT2D eigenvalue weighted by atomic mass is 32.7. The van der Waals surface area contributed by atoms with Crippen molar-refractivity contribution in [3.05, 3.63) is 25.3 Å². The Balaban J connectivity index is 1.18. The van der Waals surface area contributed by atoms with Gasteiger partial charge < -0.3 is 30.1 Å². The van der Waals surface area contributed by atoms with E-state index in [1.807, 2.05) is 13.1 Å². The highest BCUT2D eigenvalue weighted by Crippen LogP contribution is 2.63. The zero-order chi connectivity index (χ0) is 37.0. The molecule has 20 nitrogen and oxygen atoms in total. The van der Waals surface area contributed by atoms with Crippen molar-refractivity contribution >= 4 is 80.4 Å². The van der Waals surface area contributed by atoms with E-state index in [0.29, 0.717) is 22.3 Å². The number of ether oxygens (including phenoxy) is 3. The first kappa shape index (κ1) is 36.7. The van der Waals surface area contributed by atoms with Crippen LogP contribution in [0.3, 0.4) is 0 Å². The number of thiol groups is 2. The van der Waals surface area contributed by atoms with E-state index in [9.17, 15) is 9.13 Å². The number of hydrogen-bond acceptors (Lipinski definition) is 18. The van der Waals surface area contributed by atoms with Crippen molar-refractivity contribution in [3.63, 3.8) is 0 Å². The molecule has 4 saturated heterocycles. The Bertz CT molecular complexity index is 2140. The zero-order valence-electron chi connectivity index (χ0n) is 28.6. The van der Waals surface area contributed by atoms with Crippen molar-refractivity contribution in [3.8, 4) is 0 Å². The second-order valence-electron chi connectivity index (χ2n) is 14.5. The number of rotatable bonds is 4. The van der Waals surface area contributed by atoms with Crippen LogP contribution in [-0.4, -0.2) is 103 Å². The molecule has 0 spiro atoms. The lowest BCUT2D eigenvalue weighted by Gasteiger charge is -2.40. The van der Waals surface area contributed by atoms with Crippen LogP contribution in [-0.2, 0) is 45.9 Å². The smallest absolute Gasteiger partial charge is 0.386 e. The summed E-state index contributed by atoms with van der Waals surface area (Å²) in [6.07, 6.45) is -1.54. The highest BCUT2D eigenvalue weighted by molar-refractivity contribution is 8.44. The van der Waals surface area contributed by atoms with E-state index in [1.54, 1.807) is 9.13 Å². The van der Waals surface area contributed by atoms with Crippen molar-refractivity contribution in [2.45, 2.75) is 87.5 Å². The van der Waals surface area contributed by atoms with Crippen LogP contribution in [0.15, 0.2) is 25.3 Å². The minimum atomic E-state index is -4.31. The Morgan fingerprint density at radius 3 is 2.08 bits per heavy atom. The number of aromatic nitrogens is 8. The Labute approximate surface area is 308 Å². The Hall–Kier alpha value is -2.24. The molecule has 0 aliphatic carbocycles. The summed E-state index contributed by atoms with van der Waals surface area (Å²) in [6, 6.07) is 0. The third-order valence-electron chi connectivity index (χ3n) is 10.2. The van der Waals surface area contributed by atoms with Gasteiger partial charge in [-0.05, 0) is 18.1 Å². The van der Waals surface area contributed by atoms with Gasteiger partial charge in [-0.2, -0.15) is 0 Å². The van der Waals surface area contributed by atoms with Gasteiger partial charge in [-0.1, -0.05) is 45.3 Å². The van der Waals surface area contributed by atoms with Crippen molar-refractivity contribution in [1.82, 2.24) is 39.0 Å². The summed E-state index contributed by atoms with van der Waals surface area (Å²) < 4.78 is 82.2. The molecule has 4 N–H and O–H groups in total. The SMILES string of the molecule is CC(C)(C)[Si](C)(C)OC1[C@H]2O[P@](=O)(S)OC[C@@]34CO[C@@H]([C@H](n5cnc6c(N)ncnc65)O3)[C@@H]4O[P@](=O)(S)OC[C@H]1O[C@H]2n1cnc2c(N)ncnc21. The maximum Gasteiger partial charge on any atom is 0.386 e. The average Bonchev–Trinajstić information content (AvgIpc) is 3.87. The number of anilines is 2. The molecule has 8 rings (SSSR count). The second-order valence-corrected chi connectivity index (χ2v) is 25.0. The van der Waals surface area contributed by atoms with E-state index >= 15 is 0 Å². The highest BCUT2D eigenvalue weighted by Gasteiger charge is 2.66. The third-order valence-corrected chi connectivity index (χ3v) is 17.9. The van der Waals surface area contributed by atoms with Crippen LogP contribution in [0.2, 0.25) is 18.1 Å². The maximum absolute atomic E-state index is 14.4. The number of hydrogen-bond donors (Lipinski definition) is 4.